The summed E-state index contributed by atoms with van der Waals surface area (Å²) in [6.45, 7) is 8.67. The number of nitrogens with zero attached hydrogens (tertiary/aromatic N) is 2. The Hall–Kier alpha value is -8.99. The molecule has 6 N–H and O–H groups in total. The zero-order valence-corrected chi connectivity index (χ0v) is 51.8. The fourth-order valence-corrected chi connectivity index (χ4v) is 12.5. The normalized spacial score (nSPS) is 24.7. The number of H-pyrrole nitrogens is 2. The van der Waals surface area contributed by atoms with E-state index in [0.29, 0.717) is 33.3 Å². The van der Waals surface area contributed by atoms with E-state index in [1.807, 2.05) is 0 Å². The van der Waals surface area contributed by atoms with E-state index in [1.54, 1.807) is 64.1 Å². The highest BCUT2D eigenvalue weighted by atomic mass is 16.7. The Balaban J connectivity index is 1.10. The van der Waals surface area contributed by atoms with Gasteiger partial charge in [0.05, 0.1) is 28.4 Å². The molecular formula is C61H78N8O21. The second kappa shape index (κ2) is 28.7. The molecule has 29 nitrogen and oxygen atoms in total. The van der Waals surface area contributed by atoms with Crippen LogP contribution < -0.4 is 31.1 Å². The minimum absolute atomic E-state index is 0.0129. The second-order valence-corrected chi connectivity index (χ2v) is 23.8. The first kappa shape index (κ1) is 67.0. The lowest BCUT2D eigenvalue weighted by Crippen LogP contribution is -2.65. The number of aromatic nitrogens is 2. The minimum atomic E-state index is -2.15. The van der Waals surface area contributed by atoms with Crippen molar-refractivity contribution in [3.63, 3.8) is 0 Å². The number of amides is 4. The van der Waals surface area contributed by atoms with Crippen molar-refractivity contribution >= 4 is 87.4 Å². The maximum atomic E-state index is 15.0. The van der Waals surface area contributed by atoms with Gasteiger partial charge in [-0.2, -0.15) is 0 Å². The Morgan fingerprint density at radius 3 is 1.32 bits per heavy atom. The monoisotopic (exact) mass is 1260 g/mol. The Kier molecular flexibility index (Phi) is 21.3. The van der Waals surface area contributed by atoms with Crippen molar-refractivity contribution < 1.29 is 100 Å². The van der Waals surface area contributed by atoms with E-state index >= 15 is 0 Å². The quantitative estimate of drug-likeness (QED) is 0.0429. The Morgan fingerprint density at radius 2 is 0.967 bits per heavy atom. The van der Waals surface area contributed by atoms with E-state index in [2.05, 4.69) is 41.0 Å². The summed E-state index contributed by atoms with van der Waals surface area (Å²) < 4.78 is 42.3. The van der Waals surface area contributed by atoms with Gasteiger partial charge in [0, 0.05) is 71.4 Å². The summed E-state index contributed by atoms with van der Waals surface area (Å²) in [7, 11) is 5.16. The summed E-state index contributed by atoms with van der Waals surface area (Å²) in [6.07, 6.45) is -6.93. The number of nitrogens with one attached hydrogen (secondary N) is 6. The number of methoxy groups -OCH3 is 4. The number of ether oxygens (including phenoxy) is 8. The number of ketones is 2. The smallest absolute Gasteiger partial charge is 0.496 e. The number of likely N-dealkylation sites (tertiary alicyclic amines) is 2. The molecule has 29 heteroatoms. The molecular weight excluding hydrogens is 1180 g/mol. The number of hydrogen-bond donors (Lipinski definition) is 6. The first-order valence-corrected chi connectivity index (χ1v) is 29.7. The molecule has 4 aliphatic heterocycles. The molecule has 0 saturated carbocycles. The highest BCUT2D eigenvalue weighted by Gasteiger charge is 2.55. The molecule has 2 aromatic heterocycles. The fraction of sp³-hybridized carbons (Fsp3) is 0.557. The molecule has 4 aliphatic rings. The van der Waals surface area contributed by atoms with Crippen LogP contribution in [0.25, 0.3) is 21.8 Å². The molecule has 0 aliphatic carbocycles. The summed E-state index contributed by atoms with van der Waals surface area (Å²) in [5, 5.41) is 6.75. The number of Topliss-reactive ketones (excluding diaryl/α,β-unsaturated/α-hetero) is 2. The van der Waals surface area contributed by atoms with Gasteiger partial charge in [0.25, 0.3) is 11.8 Å². The van der Waals surface area contributed by atoms with Gasteiger partial charge < -0.3 is 78.0 Å². The van der Waals surface area contributed by atoms with Crippen LogP contribution in [0.15, 0.2) is 48.5 Å². The molecule has 4 fully saturated rings. The number of hydrogen-bond acceptors (Lipinski definition) is 23. The SMILES string of the molecule is COC(=O)O[C@@H](C)N1CC[C@@H](C[C@@H]2NOC(=O)[C@@](CC(C)C)(NC(=O)c3cc4c(OC)cccc4[nH]3)[C@@H](COC(=O)OC[C@H]3CC(=O)[C@H](C[C@@H]4CCN([C@H](C)OC(=O)OC)C4=O)NOC(=O)[C@@]3(CC(C)C)NC(=O)c3cc4c(OC)cccc4[nH]3)CC2=O)C1=O. The van der Waals surface area contributed by atoms with Crippen LogP contribution >= 0.6 is 0 Å². The molecule has 4 saturated heterocycles. The first-order valence-electron chi connectivity index (χ1n) is 29.7. The van der Waals surface area contributed by atoms with Crippen molar-refractivity contribution in [2.45, 2.75) is 129 Å². The van der Waals surface area contributed by atoms with Crippen molar-refractivity contribution in [1.29, 1.82) is 0 Å². The van der Waals surface area contributed by atoms with Crippen molar-refractivity contribution in [1.82, 2.24) is 41.4 Å². The topological polar surface area (TPSA) is 366 Å². The standard InChI is InChI=1S/C61H78N8O21/c1-31(2)27-60(64-51(72)45-25-39-41(62-45)13-11-15-49(39)81-7)37(23-47(70)43(66-89-55(60)76)21-35-17-19-68(53(35)74)33(5)87-57(78)83-9)29-85-59(80)86-30-38-24-48(71)44(22-36-18-20-69(54(36)75)34(6)88-58(79)84-10)67-90-56(77)61(38,28-32(3)4)65-52(73)46-26-40-42(63-46)14-12-16-50(40)82-8/h11-16,25-26,31-38,43-44,62-63,66-67H,17-24,27-30H2,1-10H3,(H,64,72)(H,65,73)/t33-,34-,35-,36-,37+,38+,43-,44-,60-,61-/m0/s1. The van der Waals surface area contributed by atoms with Gasteiger partial charge in [-0.25, -0.2) is 24.0 Å². The minimum Gasteiger partial charge on any atom is -0.496 e. The molecule has 8 rings (SSSR count). The van der Waals surface area contributed by atoms with E-state index in [4.69, 9.17) is 38.1 Å². The van der Waals surface area contributed by atoms with E-state index in [0.717, 1.165) is 14.2 Å². The van der Waals surface area contributed by atoms with Gasteiger partial charge in [-0.1, -0.05) is 39.8 Å². The van der Waals surface area contributed by atoms with Crippen LogP contribution in [0.2, 0.25) is 0 Å². The largest absolute Gasteiger partial charge is 0.509 e. The van der Waals surface area contributed by atoms with Gasteiger partial charge in [-0.15, -0.1) is 11.0 Å². The fourth-order valence-electron chi connectivity index (χ4n) is 12.5. The van der Waals surface area contributed by atoms with Gasteiger partial charge >= 0.3 is 30.4 Å². The molecule has 0 spiro atoms. The Bertz CT molecular complexity index is 3160. The van der Waals surface area contributed by atoms with Crippen molar-refractivity contribution in [2.24, 2.45) is 35.5 Å². The molecule has 6 heterocycles. The highest BCUT2D eigenvalue weighted by Crippen LogP contribution is 2.38. The number of carbonyl (C=O) groups excluding carboxylic acids is 11. The van der Waals surface area contributed by atoms with Crippen molar-refractivity contribution in [3.05, 3.63) is 59.9 Å². The van der Waals surface area contributed by atoms with Gasteiger partial charge in [0.15, 0.2) is 24.0 Å². The van der Waals surface area contributed by atoms with Crippen LogP contribution in [0.4, 0.5) is 14.4 Å². The van der Waals surface area contributed by atoms with Gasteiger partial charge in [-0.05, 0) is 101 Å². The van der Waals surface area contributed by atoms with Crippen LogP contribution in [0.3, 0.4) is 0 Å². The third-order valence-electron chi connectivity index (χ3n) is 17.0. The van der Waals surface area contributed by atoms with Gasteiger partial charge in [0.2, 0.25) is 11.8 Å². The summed E-state index contributed by atoms with van der Waals surface area (Å²) >= 11 is 0. The van der Waals surface area contributed by atoms with Gasteiger partial charge in [-0.3, -0.25) is 28.8 Å². The average Bonchev–Trinajstić information content (AvgIpc) is 1.10. The lowest BCUT2D eigenvalue weighted by Gasteiger charge is -2.42. The number of hydroxylamine groups is 2. The van der Waals surface area contributed by atoms with E-state index in [1.165, 1.54) is 50.0 Å². The van der Waals surface area contributed by atoms with Crippen molar-refractivity contribution in [3.8, 4) is 11.5 Å². The highest BCUT2D eigenvalue weighted by molar-refractivity contribution is 6.04. The third-order valence-corrected chi connectivity index (χ3v) is 17.0. The molecule has 0 bridgehead atoms. The molecule has 0 radical (unpaired) electrons. The molecule has 10 atom stereocenters. The molecule has 0 unspecified atom stereocenters. The average molecular weight is 1260 g/mol. The predicted octanol–water partition coefficient (Wildman–Crippen LogP) is 5.30. The molecule has 2 aromatic carbocycles. The summed E-state index contributed by atoms with van der Waals surface area (Å²) in [4.78, 5) is 174. The zero-order valence-electron chi connectivity index (χ0n) is 51.8. The molecule has 4 amide bonds. The van der Waals surface area contributed by atoms with Crippen LogP contribution in [0.5, 0.6) is 11.5 Å². The summed E-state index contributed by atoms with van der Waals surface area (Å²) in [5.41, 5.74) is 1.83. The van der Waals surface area contributed by atoms with E-state index in [-0.39, 0.29) is 63.0 Å². The third kappa shape index (κ3) is 14.7. The number of rotatable bonds is 22. The zero-order chi connectivity index (χ0) is 65.4. The number of aromatic amines is 2. The Labute approximate surface area is 517 Å². The lowest BCUT2D eigenvalue weighted by molar-refractivity contribution is -0.171. The second-order valence-electron chi connectivity index (χ2n) is 23.8. The van der Waals surface area contributed by atoms with Crippen molar-refractivity contribution in [2.75, 3.05) is 54.7 Å². The van der Waals surface area contributed by atoms with Crippen LogP contribution in [0, 0.1) is 35.5 Å². The number of benzene rings is 2. The van der Waals surface area contributed by atoms with E-state index in [9.17, 15) is 52.7 Å². The van der Waals surface area contributed by atoms with Crippen LogP contribution in [-0.2, 0) is 66.9 Å². The van der Waals surface area contributed by atoms with Crippen LogP contribution in [-0.4, -0.2) is 176 Å². The summed E-state index contributed by atoms with van der Waals surface area (Å²) in [6, 6.07) is 10.6. The number of carbonyl (C=O) groups is 11. The first-order chi connectivity index (χ1) is 42.8. The molecule has 90 heavy (non-hydrogen) atoms. The maximum Gasteiger partial charge on any atom is 0.509 e. The molecule has 4 aromatic rings. The van der Waals surface area contributed by atoms with Gasteiger partial charge in [0.1, 0.15) is 59.3 Å². The lowest BCUT2D eigenvalue weighted by atomic mass is 9.74. The van der Waals surface area contributed by atoms with Crippen LogP contribution in [0.1, 0.15) is 114 Å². The predicted molar refractivity (Wildman–Crippen MR) is 313 cm³/mol. The maximum absolute atomic E-state index is 15.0. The van der Waals surface area contributed by atoms with E-state index < -0.39 is 163 Å². The molecule has 488 valence electrons. The Morgan fingerprint density at radius 1 is 0.578 bits per heavy atom. The summed E-state index contributed by atoms with van der Waals surface area (Å²) in [5.74, 6) is -10.4. The number of fused-ring (bicyclic) bond motifs is 2.